The maximum atomic E-state index is 13.9. The molecule has 3 aromatic rings. The molecular formula is C25H29N8O9PS. The van der Waals surface area contributed by atoms with E-state index < -0.39 is 60.9 Å². The number of hydrogen-bond acceptors (Lipinski definition) is 13. The standard InChI is InChI=1S/C25H29N8O9PS/c1-15-10-33(25(36)29-23(15)34)20-9-17(30-31-27)18(41-20)11-39-43(37,14-38-16-5-3-2-4-6-16)40-12-22-42-21(13-44-22)32-8-7-19(26)28-24(32)35/h2-8,10,17-18,20-22H,9,11-14H2,1H3,(H2,26,28,35)(H,29,34,36)/t17-,18+,20+,21-,22+,43?/m0/s1. The van der Waals surface area contributed by atoms with E-state index in [1.807, 2.05) is 0 Å². The lowest BCUT2D eigenvalue weighted by Gasteiger charge is -2.23. The number of H-pyrrole nitrogens is 1. The minimum absolute atomic E-state index is 0.0921. The van der Waals surface area contributed by atoms with Crippen molar-refractivity contribution in [1.82, 2.24) is 19.1 Å². The molecule has 19 heteroatoms. The fraction of sp³-hybridized carbons (Fsp3) is 0.440. The third-order valence-electron chi connectivity index (χ3n) is 6.73. The maximum absolute atomic E-state index is 13.9. The van der Waals surface area contributed by atoms with Crippen LogP contribution in [-0.2, 0) is 23.1 Å². The van der Waals surface area contributed by atoms with Crippen LogP contribution in [0.4, 0.5) is 5.82 Å². The highest BCUT2D eigenvalue weighted by molar-refractivity contribution is 8.00. The Bertz CT molecular complexity index is 1750. The molecule has 44 heavy (non-hydrogen) atoms. The molecule has 1 aromatic carbocycles. The van der Waals surface area contributed by atoms with Crippen LogP contribution in [0.5, 0.6) is 5.75 Å². The van der Waals surface area contributed by atoms with E-state index in [-0.39, 0.29) is 31.0 Å². The average Bonchev–Trinajstić information content (AvgIpc) is 3.64. The first-order valence-corrected chi connectivity index (χ1v) is 16.1. The van der Waals surface area contributed by atoms with E-state index in [1.165, 1.54) is 46.3 Å². The number of hydrogen-bond donors (Lipinski definition) is 2. The smallest absolute Gasteiger partial charge is 0.367 e. The first-order valence-electron chi connectivity index (χ1n) is 13.3. The number of ether oxygens (including phenoxy) is 3. The van der Waals surface area contributed by atoms with E-state index in [0.717, 1.165) is 0 Å². The van der Waals surface area contributed by atoms with Crippen molar-refractivity contribution in [3.8, 4) is 5.75 Å². The van der Waals surface area contributed by atoms with Crippen LogP contribution in [0.3, 0.4) is 0 Å². The van der Waals surface area contributed by atoms with E-state index in [9.17, 15) is 18.9 Å². The fourth-order valence-corrected chi connectivity index (χ4v) is 6.85. The van der Waals surface area contributed by atoms with Gasteiger partial charge in [0.05, 0.1) is 25.4 Å². The Balaban J connectivity index is 1.27. The lowest BCUT2D eigenvalue weighted by atomic mass is 10.1. The Kier molecular flexibility index (Phi) is 9.90. The van der Waals surface area contributed by atoms with Crippen LogP contribution >= 0.6 is 19.4 Å². The monoisotopic (exact) mass is 648 g/mol. The predicted molar refractivity (Wildman–Crippen MR) is 158 cm³/mol. The Hall–Kier alpha value is -3.89. The van der Waals surface area contributed by atoms with Crippen molar-refractivity contribution in [1.29, 1.82) is 0 Å². The molecule has 2 aliphatic heterocycles. The molecule has 234 valence electrons. The molecule has 0 saturated carbocycles. The fourth-order valence-electron chi connectivity index (χ4n) is 4.49. The van der Waals surface area contributed by atoms with Gasteiger partial charge in [-0.25, -0.2) is 9.59 Å². The average molecular weight is 649 g/mol. The van der Waals surface area contributed by atoms with Crippen molar-refractivity contribution in [2.75, 3.05) is 31.0 Å². The summed E-state index contributed by atoms with van der Waals surface area (Å²) in [6.07, 6.45) is 0.0549. The quantitative estimate of drug-likeness (QED) is 0.125. The highest BCUT2D eigenvalue weighted by Crippen LogP contribution is 2.50. The number of nitrogens with two attached hydrogens (primary N) is 1. The van der Waals surface area contributed by atoms with Gasteiger partial charge in [0, 0.05) is 35.0 Å². The van der Waals surface area contributed by atoms with Crippen LogP contribution in [0.15, 0.2) is 68.3 Å². The van der Waals surface area contributed by atoms with Crippen molar-refractivity contribution in [3.05, 3.63) is 96.1 Å². The molecule has 0 aliphatic carbocycles. The van der Waals surface area contributed by atoms with Gasteiger partial charge in [0.2, 0.25) is 0 Å². The normalized spacial score (nSPS) is 24.4. The molecule has 0 bridgehead atoms. The number of anilines is 1. The summed E-state index contributed by atoms with van der Waals surface area (Å²) in [7, 11) is -4.00. The van der Waals surface area contributed by atoms with E-state index >= 15 is 0 Å². The van der Waals surface area contributed by atoms with E-state index in [0.29, 0.717) is 11.5 Å². The third kappa shape index (κ3) is 7.60. The van der Waals surface area contributed by atoms with Crippen molar-refractivity contribution in [2.24, 2.45) is 5.11 Å². The molecule has 0 amide bonds. The summed E-state index contributed by atoms with van der Waals surface area (Å²) in [6, 6.07) is 9.34. The summed E-state index contributed by atoms with van der Waals surface area (Å²) in [4.78, 5) is 45.2. The van der Waals surface area contributed by atoms with Gasteiger partial charge in [-0.05, 0) is 30.7 Å². The number of aromatic amines is 1. The zero-order chi connectivity index (χ0) is 31.3. The van der Waals surface area contributed by atoms with Crippen LogP contribution in [0.2, 0.25) is 0 Å². The van der Waals surface area contributed by atoms with Gasteiger partial charge in [-0.3, -0.25) is 23.5 Å². The molecule has 1 unspecified atom stereocenters. The second-order valence-corrected chi connectivity index (χ2v) is 13.0. The Morgan fingerprint density at radius 1 is 1.16 bits per heavy atom. The predicted octanol–water partition coefficient (Wildman–Crippen LogP) is 2.50. The SMILES string of the molecule is Cc1cn([C@H]2C[C@H](N=[N+]=[N-])[C@@H](COP(=O)(COc3ccccc3)OC[C@@H]3O[C@H](n4ccc(N)nc4=O)CS3)O2)c(=O)[nH]c1=O. The molecule has 0 radical (unpaired) electrons. The summed E-state index contributed by atoms with van der Waals surface area (Å²) in [5.41, 5.74) is 12.6. The number of aromatic nitrogens is 4. The minimum atomic E-state index is -4.00. The molecule has 17 nitrogen and oxygen atoms in total. The molecule has 2 aromatic heterocycles. The van der Waals surface area contributed by atoms with E-state index in [1.54, 1.807) is 30.3 Å². The van der Waals surface area contributed by atoms with Crippen LogP contribution in [-0.4, -0.2) is 62.0 Å². The lowest BCUT2D eigenvalue weighted by Crippen LogP contribution is -2.33. The Morgan fingerprint density at radius 3 is 2.68 bits per heavy atom. The van der Waals surface area contributed by atoms with Crippen molar-refractivity contribution in [2.45, 2.75) is 43.4 Å². The zero-order valence-electron chi connectivity index (χ0n) is 23.3. The molecule has 3 N–H and O–H groups in total. The number of nitrogens with one attached hydrogen (secondary N) is 1. The first kappa shape index (κ1) is 31.5. The van der Waals surface area contributed by atoms with Gasteiger partial charge >= 0.3 is 19.0 Å². The lowest BCUT2D eigenvalue weighted by molar-refractivity contribution is -0.0291. The first-order chi connectivity index (χ1) is 21.1. The number of benzene rings is 1. The summed E-state index contributed by atoms with van der Waals surface area (Å²) < 4.78 is 45.5. The van der Waals surface area contributed by atoms with Crippen molar-refractivity contribution in [3.63, 3.8) is 0 Å². The van der Waals surface area contributed by atoms with Gasteiger partial charge in [-0.1, -0.05) is 23.3 Å². The van der Waals surface area contributed by atoms with Crippen molar-refractivity contribution >= 4 is 25.2 Å². The van der Waals surface area contributed by atoms with E-state index in [4.69, 9.17) is 34.5 Å². The zero-order valence-corrected chi connectivity index (χ0v) is 25.0. The number of azide groups is 1. The molecular weight excluding hydrogens is 619 g/mol. The topological polar surface area (TPSA) is 228 Å². The molecule has 2 aliphatic rings. The number of nitrogen functional groups attached to an aromatic ring is 1. The van der Waals surface area contributed by atoms with Crippen LogP contribution < -0.4 is 27.4 Å². The summed E-state index contributed by atoms with van der Waals surface area (Å²) >= 11 is 1.34. The van der Waals surface area contributed by atoms with Gasteiger partial charge in [0.15, 0.2) is 6.35 Å². The van der Waals surface area contributed by atoms with Crippen LogP contribution in [0.1, 0.15) is 24.4 Å². The maximum Gasteiger partial charge on any atom is 0.367 e. The Morgan fingerprint density at radius 2 is 1.93 bits per heavy atom. The number of rotatable bonds is 12. The number of nitrogens with zero attached hydrogens (tertiary/aromatic N) is 6. The minimum Gasteiger partial charge on any atom is -0.481 e. The van der Waals surface area contributed by atoms with Gasteiger partial charge in [-0.15, -0.1) is 11.8 Å². The highest BCUT2D eigenvalue weighted by atomic mass is 32.2. The molecule has 2 saturated heterocycles. The highest BCUT2D eigenvalue weighted by Gasteiger charge is 2.39. The molecule has 0 spiro atoms. The molecule has 6 atom stereocenters. The Labute approximate surface area is 253 Å². The number of aryl methyl sites for hydroxylation is 1. The van der Waals surface area contributed by atoms with Gasteiger partial charge in [-0.2, -0.15) is 4.98 Å². The van der Waals surface area contributed by atoms with Crippen LogP contribution in [0.25, 0.3) is 10.4 Å². The largest absolute Gasteiger partial charge is 0.481 e. The molecule has 4 heterocycles. The second-order valence-electron chi connectivity index (χ2n) is 9.80. The summed E-state index contributed by atoms with van der Waals surface area (Å²) in [6.45, 7) is 1.03. The van der Waals surface area contributed by atoms with Gasteiger partial charge < -0.3 is 29.0 Å². The van der Waals surface area contributed by atoms with E-state index in [2.05, 4.69) is 20.0 Å². The number of para-hydroxylation sites is 1. The summed E-state index contributed by atoms with van der Waals surface area (Å²) in [5.74, 6) is 0.924. The summed E-state index contributed by atoms with van der Waals surface area (Å²) in [5, 5.41) is 3.77. The van der Waals surface area contributed by atoms with Gasteiger partial charge in [0.25, 0.3) is 5.56 Å². The van der Waals surface area contributed by atoms with Crippen molar-refractivity contribution < 1.29 is 27.8 Å². The number of thioether (sulfide) groups is 1. The molecule has 2 fully saturated rings. The third-order valence-corrected chi connectivity index (χ3v) is 9.36. The molecule has 5 rings (SSSR count). The van der Waals surface area contributed by atoms with Crippen LogP contribution in [0, 0.1) is 6.92 Å². The van der Waals surface area contributed by atoms with Gasteiger partial charge in [0.1, 0.15) is 29.5 Å². The second kappa shape index (κ2) is 13.8.